The summed E-state index contributed by atoms with van der Waals surface area (Å²) in [6.45, 7) is 3.57. The number of carbonyl (C=O) groups excluding carboxylic acids is 1. The Balaban J connectivity index is 1.89. The molecule has 2 rings (SSSR count). The summed E-state index contributed by atoms with van der Waals surface area (Å²) < 4.78 is 0. The molecule has 4 heteroatoms. The van der Waals surface area contributed by atoms with Crippen LogP contribution in [0.3, 0.4) is 0 Å². The van der Waals surface area contributed by atoms with E-state index in [-0.39, 0.29) is 5.91 Å². The molecule has 18 heavy (non-hydrogen) atoms. The predicted octanol–water partition coefficient (Wildman–Crippen LogP) is 2.45. The molecule has 0 aliphatic carbocycles. The molecule has 1 N–H and O–H groups in total. The lowest BCUT2D eigenvalue weighted by Gasteiger charge is -2.15. The average molecular weight is 265 g/mol. The number of nitrogens with zero attached hydrogens (tertiary/aromatic N) is 1. The van der Waals surface area contributed by atoms with E-state index in [9.17, 15) is 9.90 Å². The third-order valence-electron chi connectivity index (χ3n) is 3.16. The van der Waals surface area contributed by atoms with E-state index in [1.165, 1.54) is 0 Å². The van der Waals surface area contributed by atoms with Gasteiger partial charge >= 0.3 is 0 Å². The van der Waals surface area contributed by atoms with Gasteiger partial charge in [0.2, 0.25) is 5.91 Å². The summed E-state index contributed by atoms with van der Waals surface area (Å²) in [5, 5.41) is 9.51. The van der Waals surface area contributed by atoms with Crippen molar-refractivity contribution in [3.05, 3.63) is 29.8 Å². The third kappa shape index (κ3) is 3.50. The highest BCUT2D eigenvalue weighted by atomic mass is 32.2. The molecule has 3 nitrogen and oxygen atoms in total. The fraction of sp³-hybridized carbons (Fsp3) is 0.500. The number of aliphatic hydroxyl groups excluding tert-OH is 1. The Labute approximate surface area is 112 Å². The number of hydrogen-bond acceptors (Lipinski definition) is 3. The van der Waals surface area contributed by atoms with Crippen LogP contribution in [0.2, 0.25) is 0 Å². The fourth-order valence-electron chi connectivity index (χ4n) is 2.07. The zero-order valence-corrected chi connectivity index (χ0v) is 11.4. The highest BCUT2D eigenvalue weighted by Gasteiger charge is 2.17. The summed E-state index contributed by atoms with van der Waals surface area (Å²) >= 11 is 1.54. The highest BCUT2D eigenvalue weighted by Crippen LogP contribution is 2.23. The number of likely N-dealkylation sites (tertiary alicyclic amines) is 1. The van der Waals surface area contributed by atoms with Crippen molar-refractivity contribution in [1.29, 1.82) is 0 Å². The number of rotatable bonds is 4. The van der Waals surface area contributed by atoms with E-state index in [1.54, 1.807) is 18.7 Å². The first-order valence-corrected chi connectivity index (χ1v) is 7.34. The van der Waals surface area contributed by atoms with E-state index in [0.717, 1.165) is 36.4 Å². The van der Waals surface area contributed by atoms with Crippen LogP contribution in [0.1, 0.15) is 31.4 Å². The molecule has 1 fully saturated rings. The van der Waals surface area contributed by atoms with Gasteiger partial charge in [-0.1, -0.05) is 12.1 Å². The smallest absolute Gasteiger partial charge is 0.232 e. The maximum absolute atomic E-state index is 11.9. The zero-order valence-electron chi connectivity index (χ0n) is 10.6. The molecule has 1 aliphatic heterocycles. The summed E-state index contributed by atoms with van der Waals surface area (Å²) in [5.74, 6) is 0.712. The summed E-state index contributed by atoms with van der Waals surface area (Å²) in [6, 6.07) is 7.75. The van der Waals surface area contributed by atoms with E-state index in [4.69, 9.17) is 0 Å². The molecular formula is C14H19NO2S. The van der Waals surface area contributed by atoms with Crippen molar-refractivity contribution in [1.82, 2.24) is 4.90 Å². The lowest BCUT2D eigenvalue weighted by molar-refractivity contribution is -0.127. The Kier molecular flexibility index (Phi) is 4.66. The first-order valence-electron chi connectivity index (χ1n) is 6.35. The second-order valence-corrected chi connectivity index (χ2v) is 5.67. The van der Waals surface area contributed by atoms with Crippen LogP contribution in [-0.2, 0) is 4.79 Å². The topological polar surface area (TPSA) is 40.5 Å². The number of hydrogen-bond donors (Lipinski definition) is 1. The minimum atomic E-state index is -0.458. The monoisotopic (exact) mass is 265 g/mol. The molecule has 1 amide bonds. The quantitative estimate of drug-likeness (QED) is 0.850. The molecule has 1 aromatic carbocycles. The van der Waals surface area contributed by atoms with Crippen molar-refractivity contribution < 1.29 is 9.90 Å². The van der Waals surface area contributed by atoms with Crippen LogP contribution in [0.15, 0.2) is 29.2 Å². The van der Waals surface area contributed by atoms with Gasteiger partial charge in [0, 0.05) is 18.0 Å². The van der Waals surface area contributed by atoms with Gasteiger partial charge in [0.1, 0.15) is 0 Å². The second kappa shape index (κ2) is 6.25. The maximum atomic E-state index is 11.9. The molecule has 1 aliphatic rings. The molecule has 0 aromatic heterocycles. The largest absolute Gasteiger partial charge is 0.389 e. The number of carbonyl (C=O) groups is 1. The number of thioether (sulfide) groups is 1. The van der Waals surface area contributed by atoms with Crippen LogP contribution in [0.25, 0.3) is 0 Å². The Hall–Kier alpha value is -1.00. The fourth-order valence-corrected chi connectivity index (χ4v) is 2.93. The van der Waals surface area contributed by atoms with Crippen molar-refractivity contribution in [2.75, 3.05) is 18.8 Å². The van der Waals surface area contributed by atoms with Crippen molar-refractivity contribution in [3.8, 4) is 0 Å². The Bertz CT molecular complexity index is 414. The molecule has 1 atom stereocenters. The lowest BCUT2D eigenvalue weighted by atomic mass is 10.1. The minimum Gasteiger partial charge on any atom is -0.389 e. The summed E-state index contributed by atoms with van der Waals surface area (Å²) in [7, 11) is 0. The highest BCUT2D eigenvalue weighted by molar-refractivity contribution is 8.00. The number of aliphatic hydroxyl groups is 1. The first kappa shape index (κ1) is 13.4. The third-order valence-corrected chi connectivity index (χ3v) is 4.14. The Morgan fingerprint density at radius 2 is 2.17 bits per heavy atom. The SMILES string of the molecule is CC(O)c1cccc(SCC(=O)N2CCCC2)c1. The van der Waals surface area contributed by atoms with Crippen molar-refractivity contribution in [2.24, 2.45) is 0 Å². The van der Waals surface area contributed by atoms with E-state index in [0.29, 0.717) is 5.75 Å². The Morgan fingerprint density at radius 1 is 1.44 bits per heavy atom. The van der Waals surface area contributed by atoms with Gasteiger partial charge in [-0.05, 0) is 37.5 Å². The predicted molar refractivity (Wildman–Crippen MR) is 73.6 cm³/mol. The van der Waals surface area contributed by atoms with Crippen LogP contribution in [-0.4, -0.2) is 34.8 Å². The van der Waals surface area contributed by atoms with E-state index in [1.807, 2.05) is 29.2 Å². The molecule has 1 aromatic rings. The van der Waals surface area contributed by atoms with Gasteiger partial charge in [0.15, 0.2) is 0 Å². The lowest BCUT2D eigenvalue weighted by Crippen LogP contribution is -2.29. The molecule has 1 saturated heterocycles. The standard InChI is InChI=1S/C14H19NO2S/c1-11(16)12-5-4-6-13(9-12)18-10-14(17)15-7-2-3-8-15/h4-6,9,11,16H,2-3,7-8,10H2,1H3. The van der Waals surface area contributed by atoms with Gasteiger partial charge in [-0.2, -0.15) is 0 Å². The average Bonchev–Trinajstić information content (AvgIpc) is 2.90. The second-order valence-electron chi connectivity index (χ2n) is 4.63. The molecular weight excluding hydrogens is 246 g/mol. The van der Waals surface area contributed by atoms with E-state index in [2.05, 4.69) is 0 Å². The van der Waals surface area contributed by atoms with Gasteiger partial charge in [-0.25, -0.2) is 0 Å². The van der Waals surface area contributed by atoms with Crippen LogP contribution >= 0.6 is 11.8 Å². The minimum absolute atomic E-state index is 0.222. The van der Waals surface area contributed by atoms with Crippen LogP contribution < -0.4 is 0 Å². The summed E-state index contributed by atoms with van der Waals surface area (Å²) in [5.41, 5.74) is 0.897. The van der Waals surface area contributed by atoms with Crippen molar-refractivity contribution >= 4 is 17.7 Å². The summed E-state index contributed by atoms with van der Waals surface area (Å²) in [6.07, 6.45) is 1.81. The molecule has 0 radical (unpaired) electrons. The van der Waals surface area contributed by atoms with Crippen LogP contribution in [0, 0.1) is 0 Å². The van der Waals surface area contributed by atoms with Crippen LogP contribution in [0.5, 0.6) is 0 Å². The van der Waals surface area contributed by atoms with Gasteiger partial charge < -0.3 is 10.0 Å². The molecule has 1 heterocycles. The first-order chi connectivity index (χ1) is 8.66. The van der Waals surface area contributed by atoms with Gasteiger partial charge in [-0.3, -0.25) is 4.79 Å². The molecule has 0 saturated carbocycles. The molecule has 0 spiro atoms. The number of benzene rings is 1. The molecule has 98 valence electrons. The van der Waals surface area contributed by atoms with Crippen molar-refractivity contribution in [2.45, 2.75) is 30.8 Å². The van der Waals surface area contributed by atoms with E-state index >= 15 is 0 Å². The van der Waals surface area contributed by atoms with Gasteiger partial charge in [-0.15, -0.1) is 11.8 Å². The number of amides is 1. The maximum Gasteiger partial charge on any atom is 0.232 e. The van der Waals surface area contributed by atoms with E-state index < -0.39 is 6.10 Å². The normalized spacial score (nSPS) is 16.9. The van der Waals surface area contributed by atoms with Gasteiger partial charge in [0.25, 0.3) is 0 Å². The molecule has 0 bridgehead atoms. The van der Waals surface area contributed by atoms with Gasteiger partial charge in [0.05, 0.1) is 11.9 Å². The van der Waals surface area contributed by atoms with Crippen molar-refractivity contribution in [3.63, 3.8) is 0 Å². The van der Waals surface area contributed by atoms with Crippen LogP contribution in [0.4, 0.5) is 0 Å². The Morgan fingerprint density at radius 3 is 2.83 bits per heavy atom. The summed E-state index contributed by atoms with van der Waals surface area (Å²) in [4.78, 5) is 14.9. The zero-order chi connectivity index (χ0) is 13.0. The molecule has 1 unspecified atom stereocenters.